The second kappa shape index (κ2) is 7.58. The number of carbonyl (C=O) groups is 4. The number of carbonyl (C=O) groups excluding carboxylic acids is 4. The van der Waals surface area contributed by atoms with E-state index in [-0.39, 0.29) is 35.1 Å². The lowest BCUT2D eigenvalue weighted by atomic mass is 10.3. The van der Waals surface area contributed by atoms with Crippen LogP contribution in [0.4, 0.5) is 11.4 Å². The molecule has 0 atom stereocenters. The van der Waals surface area contributed by atoms with Gasteiger partial charge in [-0.15, -0.1) is 0 Å². The zero-order valence-electron chi connectivity index (χ0n) is 14.4. The van der Waals surface area contributed by atoms with Crippen LogP contribution in [0.1, 0.15) is 0 Å². The van der Waals surface area contributed by atoms with E-state index < -0.39 is 0 Å². The van der Waals surface area contributed by atoms with Gasteiger partial charge in [-0.05, 0) is 24.3 Å². The van der Waals surface area contributed by atoms with Gasteiger partial charge in [0.05, 0.1) is 11.4 Å². The SMILES string of the molecule is O=C1C=CC(=O)N1c1cccc(O)c1.O=C1C=CC(=O)N1c1cccc(O)c1. The Morgan fingerprint density at radius 1 is 0.536 bits per heavy atom. The molecule has 0 spiro atoms. The normalized spacial score (nSPS) is 15.3. The molecule has 2 aromatic rings. The number of benzene rings is 2. The number of imide groups is 2. The quantitative estimate of drug-likeness (QED) is 0.768. The van der Waals surface area contributed by atoms with E-state index >= 15 is 0 Å². The van der Waals surface area contributed by atoms with Gasteiger partial charge in [-0.2, -0.15) is 0 Å². The molecule has 2 N–H and O–H groups in total. The summed E-state index contributed by atoms with van der Waals surface area (Å²) in [6.07, 6.45) is 4.80. The van der Waals surface area contributed by atoms with Gasteiger partial charge in [0.15, 0.2) is 0 Å². The van der Waals surface area contributed by atoms with E-state index in [4.69, 9.17) is 0 Å². The van der Waals surface area contributed by atoms with Gasteiger partial charge < -0.3 is 10.2 Å². The topological polar surface area (TPSA) is 115 Å². The highest BCUT2D eigenvalue weighted by atomic mass is 16.3. The highest BCUT2D eigenvalue weighted by Gasteiger charge is 2.25. The molecule has 0 bridgehead atoms. The van der Waals surface area contributed by atoms with Crippen LogP contribution in [0.2, 0.25) is 0 Å². The van der Waals surface area contributed by atoms with Crippen LogP contribution >= 0.6 is 0 Å². The number of hydrogen-bond acceptors (Lipinski definition) is 6. The Morgan fingerprint density at radius 2 is 0.857 bits per heavy atom. The summed E-state index contributed by atoms with van der Waals surface area (Å²) in [6, 6.07) is 12.0. The monoisotopic (exact) mass is 378 g/mol. The highest BCUT2D eigenvalue weighted by molar-refractivity contribution is 6.28. The van der Waals surface area contributed by atoms with Crippen molar-refractivity contribution in [2.24, 2.45) is 0 Å². The van der Waals surface area contributed by atoms with Crippen molar-refractivity contribution in [3.8, 4) is 11.5 Å². The fourth-order valence-corrected chi connectivity index (χ4v) is 2.57. The molecular formula is C20H14N2O6. The van der Waals surface area contributed by atoms with Crippen LogP contribution in [0.25, 0.3) is 0 Å². The van der Waals surface area contributed by atoms with Crippen LogP contribution in [0, 0.1) is 0 Å². The predicted octanol–water partition coefficient (Wildman–Crippen LogP) is 1.64. The second-order valence-corrected chi connectivity index (χ2v) is 5.73. The first kappa shape index (κ1) is 18.6. The average Bonchev–Trinajstić information content (AvgIpc) is 3.16. The minimum atomic E-state index is -0.388. The molecule has 2 heterocycles. The molecule has 140 valence electrons. The van der Waals surface area contributed by atoms with Gasteiger partial charge in [-0.1, -0.05) is 12.1 Å². The zero-order chi connectivity index (χ0) is 20.3. The van der Waals surface area contributed by atoms with Crippen molar-refractivity contribution < 1.29 is 29.4 Å². The summed E-state index contributed by atoms with van der Waals surface area (Å²) in [6.45, 7) is 0. The van der Waals surface area contributed by atoms with Crippen molar-refractivity contribution >= 4 is 35.0 Å². The molecule has 0 radical (unpaired) electrons. The van der Waals surface area contributed by atoms with Gasteiger partial charge in [0, 0.05) is 36.4 Å². The number of amides is 4. The van der Waals surface area contributed by atoms with Crippen LogP contribution in [0.15, 0.2) is 72.8 Å². The summed E-state index contributed by atoms with van der Waals surface area (Å²) in [5.41, 5.74) is 0.759. The summed E-state index contributed by atoms with van der Waals surface area (Å²) in [5, 5.41) is 18.4. The van der Waals surface area contributed by atoms with Crippen LogP contribution < -0.4 is 9.80 Å². The molecule has 0 unspecified atom stereocenters. The van der Waals surface area contributed by atoms with E-state index in [2.05, 4.69) is 0 Å². The van der Waals surface area contributed by atoms with Gasteiger partial charge in [0.25, 0.3) is 23.6 Å². The van der Waals surface area contributed by atoms with E-state index in [0.717, 1.165) is 9.80 Å². The molecule has 0 saturated carbocycles. The molecule has 2 aliphatic heterocycles. The van der Waals surface area contributed by atoms with Crippen LogP contribution in [0.3, 0.4) is 0 Å². The first-order valence-electron chi connectivity index (χ1n) is 8.07. The maximum atomic E-state index is 11.2. The van der Waals surface area contributed by atoms with Crippen molar-refractivity contribution in [3.63, 3.8) is 0 Å². The smallest absolute Gasteiger partial charge is 0.258 e. The van der Waals surface area contributed by atoms with E-state index in [1.165, 1.54) is 48.6 Å². The summed E-state index contributed by atoms with van der Waals surface area (Å²) in [4.78, 5) is 46.9. The number of anilines is 2. The molecular weight excluding hydrogens is 364 g/mol. The molecule has 2 aromatic carbocycles. The van der Waals surface area contributed by atoms with E-state index in [9.17, 15) is 29.4 Å². The molecule has 0 fully saturated rings. The Bertz CT molecular complexity index is 921. The van der Waals surface area contributed by atoms with Crippen LogP contribution in [0.5, 0.6) is 11.5 Å². The van der Waals surface area contributed by atoms with Crippen LogP contribution in [-0.2, 0) is 19.2 Å². The van der Waals surface area contributed by atoms with Crippen molar-refractivity contribution in [2.45, 2.75) is 0 Å². The highest BCUT2D eigenvalue weighted by Crippen LogP contribution is 2.23. The number of phenolic OH excluding ortho intramolecular Hbond substituents is 2. The lowest BCUT2D eigenvalue weighted by Crippen LogP contribution is -2.29. The van der Waals surface area contributed by atoms with Gasteiger partial charge in [0.1, 0.15) is 11.5 Å². The maximum absolute atomic E-state index is 11.2. The number of rotatable bonds is 2. The Morgan fingerprint density at radius 3 is 1.14 bits per heavy atom. The van der Waals surface area contributed by atoms with Crippen LogP contribution in [-0.4, -0.2) is 33.8 Å². The summed E-state index contributed by atoms with van der Waals surface area (Å²) < 4.78 is 0. The standard InChI is InChI=1S/2C10H7NO3/c2*12-8-3-1-2-7(6-8)11-9(13)4-5-10(11)14/h2*1-6,12H. The first-order chi connectivity index (χ1) is 13.4. The Hall–Kier alpha value is -4.20. The molecule has 0 aliphatic carbocycles. The fraction of sp³-hybridized carbons (Fsp3) is 0. The number of hydrogen-bond donors (Lipinski definition) is 2. The van der Waals surface area contributed by atoms with E-state index in [1.807, 2.05) is 0 Å². The molecule has 8 nitrogen and oxygen atoms in total. The van der Waals surface area contributed by atoms with Crippen molar-refractivity contribution in [1.82, 2.24) is 0 Å². The molecule has 0 saturated heterocycles. The van der Waals surface area contributed by atoms with Gasteiger partial charge >= 0.3 is 0 Å². The van der Waals surface area contributed by atoms with E-state index in [1.54, 1.807) is 24.3 Å². The molecule has 0 aromatic heterocycles. The maximum Gasteiger partial charge on any atom is 0.258 e. The third-order valence-corrected chi connectivity index (χ3v) is 3.79. The third kappa shape index (κ3) is 3.80. The van der Waals surface area contributed by atoms with Gasteiger partial charge in [-0.25, -0.2) is 9.80 Å². The molecule has 4 rings (SSSR count). The molecule has 4 amide bonds. The predicted molar refractivity (Wildman–Crippen MR) is 99.5 cm³/mol. The van der Waals surface area contributed by atoms with Gasteiger partial charge in [0.2, 0.25) is 0 Å². The Labute approximate surface area is 159 Å². The summed E-state index contributed by atoms with van der Waals surface area (Å²) in [7, 11) is 0. The number of nitrogens with zero attached hydrogens (tertiary/aromatic N) is 2. The zero-order valence-corrected chi connectivity index (χ0v) is 14.4. The van der Waals surface area contributed by atoms with Crippen molar-refractivity contribution in [1.29, 1.82) is 0 Å². The lowest BCUT2D eigenvalue weighted by Gasteiger charge is -2.13. The minimum absolute atomic E-state index is 0.0231. The third-order valence-electron chi connectivity index (χ3n) is 3.79. The Kier molecular flexibility index (Phi) is 5.03. The summed E-state index contributed by atoms with van der Waals surface area (Å²) in [5.74, 6) is -1.51. The molecule has 2 aliphatic rings. The lowest BCUT2D eigenvalue weighted by molar-refractivity contribution is -0.121. The van der Waals surface area contributed by atoms with Crippen molar-refractivity contribution in [3.05, 3.63) is 72.8 Å². The van der Waals surface area contributed by atoms with Crippen molar-refractivity contribution in [2.75, 3.05) is 9.80 Å². The minimum Gasteiger partial charge on any atom is -0.508 e. The molecule has 28 heavy (non-hydrogen) atoms. The second-order valence-electron chi connectivity index (χ2n) is 5.73. The van der Waals surface area contributed by atoms with Gasteiger partial charge in [-0.3, -0.25) is 19.2 Å². The first-order valence-corrected chi connectivity index (χ1v) is 8.07. The fourth-order valence-electron chi connectivity index (χ4n) is 2.57. The summed E-state index contributed by atoms with van der Waals surface area (Å²) >= 11 is 0. The number of phenols is 2. The Balaban J connectivity index is 0.000000161. The average molecular weight is 378 g/mol. The molecule has 8 heteroatoms. The van der Waals surface area contributed by atoms with E-state index in [0.29, 0.717) is 11.4 Å². The number of aromatic hydroxyl groups is 2. The largest absolute Gasteiger partial charge is 0.508 e.